The summed E-state index contributed by atoms with van der Waals surface area (Å²) >= 11 is 0. The van der Waals surface area contributed by atoms with Gasteiger partial charge in [0.05, 0.1) is 14.2 Å². The molecule has 150 valence electrons. The number of hydrogen-bond donors (Lipinski definition) is 1. The monoisotopic (exact) mass is 400 g/mol. The van der Waals surface area contributed by atoms with Crippen LogP contribution >= 0.6 is 0 Å². The molecule has 0 aliphatic heterocycles. The van der Waals surface area contributed by atoms with E-state index in [9.17, 15) is 10.1 Å². The number of nitriles is 1. The topological polar surface area (TPSA) is 80.6 Å². The lowest BCUT2D eigenvalue weighted by atomic mass is 10.1. The Kier molecular flexibility index (Phi) is 6.70. The van der Waals surface area contributed by atoms with Crippen LogP contribution in [0.4, 0.5) is 5.69 Å². The number of ether oxygens (including phenoxy) is 3. The number of nitrogens with zero attached hydrogens (tertiary/aromatic N) is 1. The van der Waals surface area contributed by atoms with E-state index in [0.29, 0.717) is 34.2 Å². The minimum absolute atomic E-state index is 0.0401. The zero-order valence-electron chi connectivity index (χ0n) is 16.6. The molecule has 0 bridgehead atoms. The second-order valence-electron chi connectivity index (χ2n) is 6.18. The molecule has 30 heavy (non-hydrogen) atoms. The summed E-state index contributed by atoms with van der Waals surface area (Å²) in [6.07, 6.45) is 1.51. The van der Waals surface area contributed by atoms with Crippen molar-refractivity contribution in [2.75, 3.05) is 19.5 Å². The van der Waals surface area contributed by atoms with Crippen LogP contribution in [0.5, 0.6) is 23.0 Å². The number of amides is 1. The van der Waals surface area contributed by atoms with Gasteiger partial charge in [-0.1, -0.05) is 30.3 Å². The Morgan fingerprint density at radius 3 is 2.33 bits per heavy atom. The number of benzene rings is 3. The van der Waals surface area contributed by atoms with Crippen LogP contribution in [0.3, 0.4) is 0 Å². The first-order valence-electron chi connectivity index (χ1n) is 9.11. The SMILES string of the molecule is COc1ccc(NC(=O)C(C#N)=Cc2cccc(Oc3ccccc3)c2)cc1OC. The Balaban J connectivity index is 1.77. The van der Waals surface area contributed by atoms with E-state index in [0.717, 1.165) is 0 Å². The highest BCUT2D eigenvalue weighted by Gasteiger charge is 2.12. The standard InChI is InChI=1S/C24H20N2O4/c1-28-22-12-11-19(15-23(22)29-2)26-24(27)18(16-25)13-17-7-6-10-21(14-17)30-20-8-4-3-5-9-20/h3-15H,1-2H3,(H,26,27). The van der Waals surface area contributed by atoms with Crippen LogP contribution in [0.25, 0.3) is 6.08 Å². The highest BCUT2D eigenvalue weighted by atomic mass is 16.5. The molecule has 0 aromatic heterocycles. The first-order chi connectivity index (χ1) is 14.6. The van der Waals surface area contributed by atoms with Crippen molar-refractivity contribution in [3.05, 3.63) is 83.9 Å². The van der Waals surface area contributed by atoms with Crippen molar-refractivity contribution in [3.8, 4) is 29.1 Å². The molecule has 0 aliphatic carbocycles. The number of para-hydroxylation sites is 1. The number of carbonyl (C=O) groups excluding carboxylic acids is 1. The summed E-state index contributed by atoms with van der Waals surface area (Å²) in [7, 11) is 3.04. The summed E-state index contributed by atoms with van der Waals surface area (Å²) < 4.78 is 16.2. The fourth-order valence-corrected chi connectivity index (χ4v) is 2.72. The average molecular weight is 400 g/mol. The summed E-state index contributed by atoms with van der Waals surface area (Å²) in [6.45, 7) is 0. The molecule has 0 unspecified atom stereocenters. The first-order valence-corrected chi connectivity index (χ1v) is 9.11. The lowest BCUT2D eigenvalue weighted by molar-refractivity contribution is -0.112. The second kappa shape index (κ2) is 9.80. The van der Waals surface area contributed by atoms with Crippen molar-refractivity contribution >= 4 is 17.7 Å². The highest BCUT2D eigenvalue weighted by molar-refractivity contribution is 6.09. The quantitative estimate of drug-likeness (QED) is 0.444. The van der Waals surface area contributed by atoms with Crippen LogP contribution < -0.4 is 19.5 Å². The molecule has 0 saturated heterocycles. The third kappa shape index (κ3) is 5.18. The van der Waals surface area contributed by atoms with Crippen molar-refractivity contribution in [3.63, 3.8) is 0 Å². The largest absolute Gasteiger partial charge is 0.493 e. The second-order valence-corrected chi connectivity index (χ2v) is 6.18. The molecule has 1 amide bonds. The van der Waals surface area contributed by atoms with Crippen molar-refractivity contribution in [2.45, 2.75) is 0 Å². The van der Waals surface area contributed by atoms with Gasteiger partial charge in [-0.05, 0) is 48.0 Å². The van der Waals surface area contributed by atoms with Crippen molar-refractivity contribution in [2.24, 2.45) is 0 Å². The van der Waals surface area contributed by atoms with Gasteiger partial charge in [0.15, 0.2) is 11.5 Å². The van der Waals surface area contributed by atoms with Crippen LogP contribution in [0.2, 0.25) is 0 Å². The molecule has 6 nitrogen and oxygen atoms in total. The molecule has 3 aromatic carbocycles. The van der Waals surface area contributed by atoms with Crippen molar-refractivity contribution < 1.29 is 19.0 Å². The molecular formula is C24H20N2O4. The summed E-state index contributed by atoms with van der Waals surface area (Å²) in [5, 5.41) is 12.2. The van der Waals surface area contributed by atoms with E-state index in [-0.39, 0.29) is 5.57 Å². The number of rotatable bonds is 7. The van der Waals surface area contributed by atoms with Crippen molar-refractivity contribution in [1.29, 1.82) is 5.26 Å². The lowest BCUT2D eigenvalue weighted by Gasteiger charge is -2.10. The van der Waals surface area contributed by atoms with Gasteiger partial charge in [-0.2, -0.15) is 5.26 Å². The molecule has 0 radical (unpaired) electrons. The van der Waals surface area contributed by atoms with Crippen LogP contribution in [-0.4, -0.2) is 20.1 Å². The molecule has 0 aliphatic rings. The zero-order chi connectivity index (χ0) is 21.3. The van der Waals surface area contributed by atoms with E-state index >= 15 is 0 Å². The predicted octanol–water partition coefficient (Wildman–Crippen LogP) is 5.04. The molecule has 0 heterocycles. The minimum atomic E-state index is -0.529. The molecule has 1 N–H and O–H groups in total. The van der Waals surface area contributed by atoms with E-state index in [2.05, 4.69) is 5.32 Å². The Morgan fingerprint density at radius 2 is 1.63 bits per heavy atom. The lowest BCUT2D eigenvalue weighted by Crippen LogP contribution is -2.13. The Hall–Kier alpha value is -4.24. The molecular weight excluding hydrogens is 380 g/mol. The summed E-state index contributed by atoms with van der Waals surface area (Å²) in [5.41, 5.74) is 1.11. The maximum Gasteiger partial charge on any atom is 0.266 e. The normalized spacial score (nSPS) is 10.6. The molecule has 0 fully saturated rings. The smallest absolute Gasteiger partial charge is 0.266 e. The number of anilines is 1. The third-order valence-corrected chi connectivity index (χ3v) is 4.15. The summed E-state index contributed by atoms with van der Waals surface area (Å²) in [4.78, 5) is 12.6. The van der Waals surface area contributed by atoms with E-state index in [1.807, 2.05) is 36.4 Å². The number of hydrogen-bond acceptors (Lipinski definition) is 5. The highest BCUT2D eigenvalue weighted by Crippen LogP contribution is 2.30. The molecule has 0 atom stereocenters. The van der Waals surface area contributed by atoms with Gasteiger partial charge in [0.1, 0.15) is 23.1 Å². The van der Waals surface area contributed by atoms with Crippen molar-refractivity contribution in [1.82, 2.24) is 0 Å². The summed E-state index contributed by atoms with van der Waals surface area (Å²) in [6, 6.07) is 23.4. The average Bonchev–Trinajstić information content (AvgIpc) is 2.78. The fraction of sp³-hybridized carbons (Fsp3) is 0.0833. The van der Waals surface area contributed by atoms with Gasteiger partial charge in [0.2, 0.25) is 0 Å². The van der Waals surface area contributed by atoms with Gasteiger partial charge in [-0.3, -0.25) is 4.79 Å². The van der Waals surface area contributed by atoms with E-state index in [1.165, 1.54) is 20.3 Å². The zero-order valence-corrected chi connectivity index (χ0v) is 16.6. The van der Waals surface area contributed by atoms with Gasteiger partial charge in [0.25, 0.3) is 5.91 Å². The first kappa shape index (κ1) is 20.5. The minimum Gasteiger partial charge on any atom is -0.493 e. The molecule has 0 saturated carbocycles. The molecule has 6 heteroatoms. The maximum atomic E-state index is 12.6. The van der Waals surface area contributed by atoms with E-state index < -0.39 is 5.91 Å². The van der Waals surface area contributed by atoms with Crippen LogP contribution in [0.15, 0.2) is 78.4 Å². The van der Waals surface area contributed by atoms with Gasteiger partial charge in [0, 0.05) is 11.8 Å². The van der Waals surface area contributed by atoms with Crippen LogP contribution in [0, 0.1) is 11.3 Å². The maximum absolute atomic E-state index is 12.6. The third-order valence-electron chi connectivity index (χ3n) is 4.15. The molecule has 3 rings (SSSR count). The van der Waals surface area contributed by atoms with E-state index in [1.54, 1.807) is 42.5 Å². The molecule has 0 spiro atoms. The van der Waals surface area contributed by atoms with Gasteiger partial charge < -0.3 is 19.5 Å². The van der Waals surface area contributed by atoms with Crippen LogP contribution in [-0.2, 0) is 4.79 Å². The molecule has 3 aromatic rings. The van der Waals surface area contributed by atoms with Crippen LogP contribution in [0.1, 0.15) is 5.56 Å². The summed E-state index contributed by atoms with van der Waals surface area (Å²) in [5.74, 6) is 1.79. The van der Waals surface area contributed by atoms with Gasteiger partial charge in [-0.15, -0.1) is 0 Å². The number of methoxy groups -OCH3 is 2. The number of carbonyl (C=O) groups is 1. The van der Waals surface area contributed by atoms with Gasteiger partial charge >= 0.3 is 0 Å². The fourth-order valence-electron chi connectivity index (χ4n) is 2.72. The Labute approximate surface area is 174 Å². The number of nitrogens with one attached hydrogen (secondary N) is 1. The van der Waals surface area contributed by atoms with E-state index in [4.69, 9.17) is 14.2 Å². The Bertz CT molecular complexity index is 1100. The van der Waals surface area contributed by atoms with Gasteiger partial charge in [-0.25, -0.2) is 0 Å². The predicted molar refractivity (Wildman–Crippen MR) is 115 cm³/mol. The Morgan fingerprint density at radius 1 is 0.900 bits per heavy atom.